The average molecular weight is 318 g/mol. The number of nitrogens with one attached hydrogen (secondary N) is 1. The monoisotopic (exact) mass is 317 g/mol. The van der Waals surface area contributed by atoms with Crippen molar-refractivity contribution in [3.8, 4) is 6.07 Å². The largest absolute Gasteiger partial charge is 0.324 e. The maximum Gasteiger partial charge on any atom is 0.240 e. The lowest BCUT2D eigenvalue weighted by atomic mass is 9.95. The number of nitriles is 1. The van der Waals surface area contributed by atoms with E-state index in [9.17, 15) is 8.42 Å². The summed E-state index contributed by atoms with van der Waals surface area (Å²) in [6.45, 7) is 4.03. The number of nitrogens with two attached hydrogens (primary N) is 1. The van der Waals surface area contributed by atoms with Gasteiger partial charge in [0.15, 0.2) is 0 Å². The van der Waals surface area contributed by atoms with Gasteiger partial charge in [0.1, 0.15) is 0 Å². The molecule has 0 amide bonds. The SMILES string of the molecule is CCC(N)(CC)CNS(=O)(=O)c1cccc(C#N)c1.Cl. The number of hydrogen-bond acceptors (Lipinski definition) is 4. The van der Waals surface area contributed by atoms with Crippen LogP contribution in [0.4, 0.5) is 0 Å². The third kappa shape index (κ3) is 4.76. The van der Waals surface area contributed by atoms with Gasteiger partial charge in [-0.3, -0.25) is 0 Å². The first-order chi connectivity index (χ1) is 8.87. The molecule has 0 fully saturated rings. The summed E-state index contributed by atoms with van der Waals surface area (Å²) >= 11 is 0. The second-order valence-electron chi connectivity index (χ2n) is 4.53. The van der Waals surface area contributed by atoms with E-state index in [0.717, 1.165) is 0 Å². The predicted octanol–water partition coefficient (Wildman–Crippen LogP) is 1.78. The van der Waals surface area contributed by atoms with Gasteiger partial charge in [-0.15, -0.1) is 12.4 Å². The van der Waals surface area contributed by atoms with Crippen LogP contribution in [0.25, 0.3) is 0 Å². The van der Waals surface area contributed by atoms with Gasteiger partial charge in [-0.05, 0) is 31.0 Å². The number of halogens is 1. The number of nitrogens with zero attached hydrogens (tertiary/aromatic N) is 1. The first kappa shape index (κ1) is 18.9. The highest BCUT2D eigenvalue weighted by Gasteiger charge is 2.24. The van der Waals surface area contributed by atoms with Crippen LogP contribution >= 0.6 is 12.4 Å². The summed E-state index contributed by atoms with van der Waals surface area (Å²) in [7, 11) is -3.63. The maximum atomic E-state index is 12.1. The zero-order valence-electron chi connectivity index (χ0n) is 11.6. The Labute approximate surface area is 126 Å². The molecule has 0 atom stereocenters. The zero-order valence-corrected chi connectivity index (χ0v) is 13.2. The number of rotatable bonds is 6. The topological polar surface area (TPSA) is 96.0 Å². The highest BCUT2D eigenvalue weighted by Crippen LogP contribution is 2.14. The van der Waals surface area contributed by atoms with Crippen LogP contribution in [0.2, 0.25) is 0 Å². The third-order valence-corrected chi connectivity index (χ3v) is 4.69. The van der Waals surface area contributed by atoms with Crippen LogP contribution in [-0.4, -0.2) is 20.5 Å². The number of benzene rings is 1. The zero-order chi connectivity index (χ0) is 14.5. The molecule has 0 aliphatic rings. The van der Waals surface area contributed by atoms with Gasteiger partial charge in [0, 0.05) is 12.1 Å². The van der Waals surface area contributed by atoms with Crippen molar-refractivity contribution in [3.05, 3.63) is 29.8 Å². The molecule has 1 aromatic carbocycles. The standard InChI is InChI=1S/C13H19N3O2S.ClH/c1-3-13(15,4-2)10-16-19(17,18)12-7-5-6-11(8-12)9-14;/h5-8,16H,3-4,10,15H2,1-2H3;1H. The van der Waals surface area contributed by atoms with Crippen LogP contribution in [0.1, 0.15) is 32.3 Å². The van der Waals surface area contributed by atoms with Gasteiger partial charge in [-0.1, -0.05) is 19.9 Å². The predicted molar refractivity (Wildman–Crippen MR) is 81.1 cm³/mol. The van der Waals surface area contributed by atoms with Crippen molar-refractivity contribution in [2.45, 2.75) is 37.1 Å². The first-order valence-corrected chi connectivity index (χ1v) is 7.64. The minimum Gasteiger partial charge on any atom is -0.324 e. The Kier molecular flexibility index (Phi) is 7.17. The fraction of sp³-hybridized carbons (Fsp3) is 0.462. The van der Waals surface area contributed by atoms with E-state index >= 15 is 0 Å². The van der Waals surface area contributed by atoms with Crippen molar-refractivity contribution in [1.82, 2.24) is 4.72 Å². The summed E-state index contributed by atoms with van der Waals surface area (Å²) < 4.78 is 26.7. The fourth-order valence-corrected chi connectivity index (χ4v) is 2.74. The van der Waals surface area contributed by atoms with Crippen LogP contribution in [-0.2, 0) is 10.0 Å². The van der Waals surface area contributed by atoms with E-state index in [1.807, 2.05) is 19.9 Å². The third-order valence-electron chi connectivity index (χ3n) is 3.30. The summed E-state index contributed by atoms with van der Waals surface area (Å²) in [5.41, 5.74) is 5.83. The molecule has 0 unspecified atom stereocenters. The molecule has 3 N–H and O–H groups in total. The molecule has 20 heavy (non-hydrogen) atoms. The molecule has 0 aliphatic carbocycles. The Hall–Kier alpha value is -1.13. The van der Waals surface area contributed by atoms with Gasteiger partial charge in [0.2, 0.25) is 10.0 Å². The van der Waals surface area contributed by atoms with E-state index in [4.69, 9.17) is 11.0 Å². The van der Waals surface area contributed by atoms with Gasteiger partial charge < -0.3 is 5.73 Å². The van der Waals surface area contributed by atoms with E-state index in [0.29, 0.717) is 18.4 Å². The highest BCUT2D eigenvalue weighted by molar-refractivity contribution is 7.89. The van der Waals surface area contributed by atoms with Crippen molar-refractivity contribution < 1.29 is 8.42 Å². The van der Waals surface area contributed by atoms with Crippen LogP contribution in [0.15, 0.2) is 29.2 Å². The van der Waals surface area contributed by atoms with Crippen LogP contribution < -0.4 is 10.5 Å². The van der Waals surface area contributed by atoms with E-state index < -0.39 is 15.6 Å². The molecule has 0 saturated heterocycles. The minimum atomic E-state index is -3.63. The molecule has 112 valence electrons. The molecular weight excluding hydrogens is 298 g/mol. The Morgan fingerprint density at radius 3 is 2.45 bits per heavy atom. The molecule has 5 nitrogen and oxygen atoms in total. The van der Waals surface area contributed by atoms with E-state index in [-0.39, 0.29) is 23.8 Å². The van der Waals surface area contributed by atoms with Crippen LogP contribution in [0, 0.1) is 11.3 Å². The molecule has 0 spiro atoms. The summed E-state index contributed by atoms with van der Waals surface area (Å²) in [6.07, 6.45) is 1.37. The molecule has 1 rings (SSSR count). The van der Waals surface area contributed by atoms with Gasteiger partial charge in [-0.2, -0.15) is 5.26 Å². The van der Waals surface area contributed by atoms with E-state index in [2.05, 4.69) is 4.72 Å². The molecule has 0 saturated carbocycles. The Balaban J connectivity index is 0.00000361. The lowest BCUT2D eigenvalue weighted by Crippen LogP contribution is -2.49. The molecular formula is C13H20ClN3O2S. The summed E-state index contributed by atoms with van der Waals surface area (Å²) in [5.74, 6) is 0. The lowest BCUT2D eigenvalue weighted by molar-refractivity contribution is 0.392. The molecule has 7 heteroatoms. The second-order valence-corrected chi connectivity index (χ2v) is 6.30. The lowest BCUT2D eigenvalue weighted by Gasteiger charge is -2.26. The summed E-state index contributed by atoms with van der Waals surface area (Å²) in [6, 6.07) is 7.82. The smallest absolute Gasteiger partial charge is 0.240 e. The maximum absolute atomic E-state index is 12.1. The fourth-order valence-electron chi connectivity index (χ4n) is 1.55. The second kappa shape index (κ2) is 7.60. The van der Waals surface area contributed by atoms with Gasteiger partial charge in [0.25, 0.3) is 0 Å². The first-order valence-electron chi connectivity index (χ1n) is 6.15. The molecule has 0 aliphatic heterocycles. The molecule has 0 radical (unpaired) electrons. The summed E-state index contributed by atoms with van der Waals surface area (Å²) in [4.78, 5) is 0.0844. The van der Waals surface area contributed by atoms with Crippen molar-refractivity contribution in [2.24, 2.45) is 5.73 Å². The van der Waals surface area contributed by atoms with Gasteiger partial charge in [-0.25, -0.2) is 13.1 Å². The Morgan fingerprint density at radius 2 is 1.95 bits per heavy atom. The van der Waals surface area contributed by atoms with E-state index in [1.54, 1.807) is 12.1 Å². The van der Waals surface area contributed by atoms with Crippen molar-refractivity contribution in [2.75, 3.05) is 6.54 Å². The van der Waals surface area contributed by atoms with Crippen molar-refractivity contribution in [1.29, 1.82) is 5.26 Å². The van der Waals surface area contributed by atoms with Crippen LogP contribution in [0.5, 0.6) is 0 Å². The minimum absolute atomic E-state index is 0. The normalized spacial score (nSPS) is 11.5. The molecule has 0 heterocycles. The van der Waals surface area contributed by atoms with Crippen molar-refractivity contribution >= 4 is 22.4 Å². The number of hydrogen-bond donors (Lipinski definition) is 2. The van der Waals surface area contributed by atoms with E-state index in [1.165, 1.54) is 12.1 Å². The molecule has 0 aromatic heterocycles. The average Bonchev–Trinajstić information content (AvgIpc) is 2.45. The van der Waals surface area contributed by atoms with Crippen molar-refractivity contribution in [3.63, 3.8) is 0 Å². The van der Waals surface area contributed by atoms with Crippen LogP contribution in [0.3, 0.4) is 0 Å². The Morgan fingerprint density at radius 1 is 1.35 bits per heavy atom. The summed E-state index contributed by atoms with van der Waals surface area (Å²) in [5, 5.41) is 8.78. The quantitative estimate of drug-likeness (QED) is 0.835. The highest BCUT2D eigenvalue weighted by atomic mass is 35.5. The molecule has 0 bridgehead atoms. The van der Waals surface area contributed by atoms with Gasteiger partial charge >= 0.3 is 0 Å². The number of sulfonamides is 1. The van der Waals surface area contributed by atoms with Gasteiger partial charge in [0.05, 0.1) is 16.5 Å². The molecule has 1 aromatic rings. The Bertz CT molecular complexity index is 578.